The quantitative estimate of drug-likeness (QED) is 0.629. The van der Waals surface area contributed by atoms with Crippen molar-refractivity contribution >= 4 is 16.3 Å². The first-order valence-electron chi connectivity index (χ1n) is 6.87. The predicted octanol–water partition coefficient (Wildman–Crippen LogP) is 3.52. The first kappa shape index (κ1) is 13.2. The topological polar surface area (TPSA) is 63.6 Å². The lowest BCUT2D eigenvalue weighted by molar-refractivity contribution is 0.274. The summed E-state index contributed by atoms with van der Waals surface area (Å²) in [5.41, 5.74) is 3.53. The van der Waals surface area contributed by atoms with Crippen LogP contribution in [0.1, 0.15) is 11.3 Å². The van der Waals surface area contributed by atoms with E-state index in [0.717, 1.165) is 21.1 Å². The number of aliphatic hydroxyl groups is 1. The molecule has 0 spiro atoms. The number of hydrogen-bond donors (Lipinski definition) is 1. The van der Waals surface area contributed by atoms with Crippen LogP contribution < -0.4 is 0 Å². The fraction of sp³-hybridized carbons (Fsp3) is 0.125. The summed E-state index contributed by atoms with van der Waals surface area (Å²) < 4.78 is 7.08. The molecule has 4 aromatic rings. The number of rotatable bonds is 3. The standard InChI is InChI=1S/C16H13N3O2S/c1-10-5-2-3-6-11(10)15-18-19-12(9-20)14(17-16(19)22-15)13-7-4-8-21-13/h2-8,20H,9H2,1H3. The van der Waals surface area contributed by atoms with E-state index >= 15 is 0 Å². The molecule has 6 heteroatoms. The summed E-state index contributed by atoms with van der Waals surface area (Å²) >= 11 is 1.50. The highest BCUT2D eigenvalue weighted by Gasteiger charge is 2.19. The second kappa shape index (κ2) is 5.08. The van der Waals surface area contributed by atoms with Gasteiger partial charge in [0.05, 0.1) is 12.9 Å². The lowest BCUT2D eigenvalue weighted by Gasteiger charge is -2.00. The first-order chi connectivity index (χ1) is 10.8. The molecule has 0 saturated carbocycles. The summed E-state index contributed by atoms with van der Waals surface area (Å²) in [6.45, 7) is 1.91. The number of nitrogens with zero attached hydrogens (tertiary/aromatic N) is 3. The molecule has 0 amide bonds. The van der Waals surface area contributed by atoms with Gasteiger partial charge in [-0.3, -0.25) is 0 Å². The van der Waals surface area contributed by atoms with Gasteiger partial charge >= 0.3 is 0 Å². The van der Waals surface area contributed by atoms with Gasteiger partial charge in [0.25, 0.3) is 0 Å². The van der Waals surface area contributed by atoms with Crippen LogP contribution in [-0.2, 0) is 6.61 Å². The Balaban J connectivity index is 1.90. The molecule has 5 nitrogen and oxygen atoms in total. The summed E-state index contributed by atoms with van der Waals surface area (Å²) in [6, 6.07) is 11.7. The number of furan rings is 1. The van der Waals surface area contributed by atoms with Crippen LogP contribution in [0, 0.1) is 6.92 Å². The van der Waals surface area contributed by atoms with E-state index in [1.54, 1.807) is 16.8 Å². The molecule has 1 N–H and O–H groups in total. The van der Waals surface area contributed by atoms with Crippen molar-refractivity contribution < 1.29 is 9.52 Å². The highest BCUT2D eigenvalue weighted by atomic mass is 32.1. The zero-order valence-corrected chi connectivity index (χ0v) is 12.7. The zero-order valence-electron chi connectivity index (χ0n) is 11.9. The second-order valence-electron chi connectivity index (χ2n) is 4.96. The van der Waals surface area contributed by atoms with Crippen LogP contribution in [0.4, 0.5) is 0 Å². The lowest BCUT2D eigenvalue weighted by atomic mass is 10.1. The van der Waals surface area contributed by atoms with Crippen LogP contribution in [0.3, 0.4) is 0 Å². The molecule has 0 fully saturated rings. The number of aromatic nitrogens is 3. The van der Waals surface area contributed by atoms with Crippen LogP contribution in [-0.4, -0.2) is 19.7 Å². The highest BCUT2D eigenvalue weighted by molar-refractivity contribution is 7.19. The van der Waals surface area contributed by atoms with Gasteiger partial charge in [-0.2, -0.15) is 5.10 Å². The van der Waals surface area contributed by atoms with Gasteiger partial charge < -0.3 is 9.52 Å². The molecule has 4 rings (SSSR count). The van der Waals surface area contributed by atoms with Gasteiger partial charge in [-0.25, -0.2) is 9.50 Å². The SMILES string of the molecule is Cc1ccccc1-c1nn2c(CO)c(-c3ccco3)nc2s1. The first-order valence-corrected chi connectivity index (χ1v) is 7.69. The van der Waals surface area contributed by atoms with Crippen LogP contribution in [0.15, 0.2) is 47.1 Å². The van der Waals surface area contributed by atoms with Gasteiger partial charge in [0, 0.05) is 5.56 Å². The van der Waals surface area contributed by atoms with Crippen LogP contribution in [0.25, 0.3) is 27.0 Å². The third-order valence-corrected chi connectivity index (χ3v) is 4.52. The number of benzene rings is 1. The van der Waals surface area contributed by atoms with Gasteiger partial charge in [-0.1, -0.05) is 35.6 Å². The lowest BCUT2D eigenvalue weighted by Crippen LogP contribution is -1.95. The number of imidazole rings is 1. The molecule has 110 valence electrons. The molecule has 1 aromatic carbocycles. The van der Waals surface area contributed by atoms with Gasteiger partial charge in [0.15, 0.2) is 5.76 Å². The fourth-order valence-corrected chi connectivity index (χ4v) is 3.47. The summed E-state index contributed by atoms with van der Waals surface area (Å²) in [6.07, 6.45) is 1.59. The third-order valence-electron chi connectivity index (χ3n) is 3.58. The van der Waals surface area contributed by atoms with E-state index in [4.69, 9.17) is 4.42 Å². The van der Waals surface area contributed by atoms with E-state index in [-0.39, 0.29) is 6.61 Å². The highest BCUT2D eigenvalue weighted by Crippen LogP contribution is 2.32. The van der Waals surface area contributed by atoms with Gasteiger partial charge in [0.2, 0.25) is 4.96 Å². The third kappa shape index (κ3) is 1.96. The summed E-state index contributed by atoms with van der Waals surface area (Å²) in [5, 5.41) is 15.2. The van der Waals surface area contributed by atoms with E-state index in [9.17, 15) is 5.11 Å². The average Bonchev–Trinajstić information content (AvgIpc) is 3.22. The van der Waals surface area contributed by atoms with E-state index in [0.29, 0.717) is 17.1 Å². The molecule has 3 heterocycles. The Morgan fingerprint density at radius 1 is 1.23 bits per heavy atom. The molecule has 0 atom stereocenters. The molecule has 22 heavy (non-hydrogen) atoms. The van der Waals surface area contributed by atoms with Crippen LogP contribution in [0.5, 0.6) is 0 Å². The van der Waals surface area contributed by atoms with Crippen molar-refractivity contribution in [1.29, 1.82) is 0 Å². The number of fused-ring (bicyclic) bond motifs is 1. The summed E-state index contributed by atoms with van der Waals surface area (Å²) in [7, 11) is 0. The molecule has 0 aliphatic heterocycles. The van der Waals surface area contributed by atoms with Crippen molar-refractivity contribution in [2.45, 2.75) is 13.5 Å². The average molecular weight is 311 g/mol. The smallest absolute Gasteiger partial charge is 0.213 e. The van der Waals surface area contributed by atoms with Crippen molar-refractivity contribution in [1.82, 2.24) is 14.6 Å². The number of aryl methyl sites for hydroxylation is 1. The van der Waals surface area contributed by atoms with Crippen molar-refractivity contribution in [2.24, 2.45) is 0 Å². The maximum atomic E-state index is 9.70. The minimum Gasteiger partial charge on any atom is -0.463 e. The van der Waals surface area contributed by atoms with Crippen molar-refractivity contribution in [3.05, 3.63) is 53.9 Å². The van der Waals surface area contributed by atoms with E-state index in [1.165, 1.54) is 11.3 Å². The molecule has 0 aliphatic rings. The normalized spacial score (nSPS) is 11.4. The minimum absolute atomic E-state index is 0.145. The molecule has 0 radical (unpaired) electrons. The largest absolute Gasteiger partial charge is 0.463 e. The molecule has 3 aromatic heterocycles. The molecular weight excluding hydrogens is 298 g/mol. The maximum absolute atomic E-state index is 9.70. The molecule has 0 bridgehead atoms. The van der Waals surface area contributed by atoms with Gasteiger partial charge in [-0.15, -0.1) is 0 Å². The minimum atomic E-state index is -0.145. The Hall–Kier alpha value is -2.44. The zero-order chi connectivity index (χ0) is 15.1. The van der Waals surface area contributed by atoms with Gasteiger partial charge in [-0.05, 0) is 24.6 Å². The predicted molar refractivity (Wildman–Crippen MR) is 84.7 cm³/mol. The van der Waals surface area contributed by atoms with Crippen molar-refractivity contribution in [3.63, 3.8) is 0 Å². The second-order valence-corrected chi connectivity index (χ2v) is 5.92. The van der Waals surface area contributed by atoms with E-state index in [2.05, 4.69) is 23.1 Å². The van der Waals surface area contributed by atoms with Crippen LogP contribution >= 0.6 is 11.3 Å². The monoisotopic (exact) mass is 311 g/mol. The Morgan fingerprint density at radius 2 is 2.09 bits per heavy atom. The molecular formula is C16H13N3O2S. The van der Waals surface area contributed by atoms with E-state index in [1.807, 2.05) is 24.3 Å². The summed E-state index contributed by atoms with van der Waals surface area (Å²) in [4.78, 5) is 5.31. The Labute approximate surface area is 130 Å². The number of hydrogen-bond acceptors (Lipinski definition) is 5. The fourth-order valence-electron chi connectivity index (χ4n) is 2.46. The Morgan fingerprint density at radius 3 is 2.82 bits per heavy atom. The molecule has 0 aliphatic carbocycles. The molecule has 0 saturated heterocycles. The van der Waals surface area contributed by atoms with E-state index < -0.39 is 0 Å². The van der Waals surface area contributed by atoms with Gasteiger partial charge in [0.1, 0.15) is 16.4 Å². The number of aliphatic hydroxyl groups excluding tert-OH is 1. The van der Waals surface area contributed by atoms with Crippen molar-refractivity contribution in [3.8, 4) is 22.0 Å². The Kier molecular flexibility index (Phi) is 3.06. The molecule has 0 unspecified atom stereocenters. The van der Waals surface area contributed by atoms with Crippen molar-refractivity contribution in [2.75, 3.05) is 0 Å². The Bertz CT molecular complexity index is 938. The maximum Gasteiger partial charge on any atom is 0.213 e. The summed E-state index contributed by atoms with van der Waals surface area (Å²) in [5.74, 6) is 0.638. The van der Waals surface area contributed by atoms with Crippen LogP contribution in [0.2, 0.25) is 0 Å².